The van der Waals surface area contributed by atoms with Crippen LogP contribution in [0.1, 0.15) is 18.4 Å². The van der Waals surface area contributed by atoms with Gasteiger partial charge in [-0.3, -0.25) is 0 Å². The average molecular weight is 257 g/mol. The van der Waals surface area contributed by atoms with Gasteiger partial charge in [-0.2, -0.15) is 0 Å². The third-order valence-electron chi connectivity index (χ3n) is 2.90. The van der Waals surface area contributed by atoms with E-state index >= 15 is 0 Å². The Labute approximate surface area is 107 Å². The third kappa shape index (κ3) is 2.73. The number of hydrogen-bond acceptors (Lipinski definition) is 3. The van der Waals surface area contributed by atoms with Crippen molar-refractivity contribution in [2.75, 3.05) is 26.2 Å². The molecule has 0 radical (unpaired) electrons. The van der Waals surface area contributed by atoms with Gasteiger partial charge in [0.2, 0.25) is 0 Å². The highest BCUT2D eigenvalue weighted by atomic mass is 35.5. The van der Waals surface area contributed by atoms with Gasteiger partial charge in [0.1, 0.15) is 5.75 Å². The molecule has 1 fully saturated rings. The van der Waals surface area contributed by atoms with Gasteiger partial charge >= 0.3 is 0 Å². The number of benzene rings is 1. The zero-order valence-corrected chi connectivity index (χ0v) is 10.7. The zero-order valence-electron chi connectivity index (χ0n) is 9.95. The van der Waals surface area contributed by atoms with Crippen LogP contribution in [0.3, 0.4) is 0 Å². The van der Waals surface area contributed by atoms with E-state index in [9.17, 15) is 0 Å². The third-order valence-corrected chi connectivity index (χ3v) is 3.17. The molecule has 1 aliphatic rings. The van der Waals surface area contributed by atoms with Crippen molar-refractivity contribution in [2.24, 2.45) is 0 Å². The van der Waals surface area contributed by atoms with Crippen LogP contribution in [0.2, 0.25) is 0 Å². The summed E-state index contributed by atoms with van der Waals surface area (Å²) >= 11 is 5.75. The van der Waals surface area contributed by atoms with Crippen molar-refractivity contribution in [3.8, 4) is 5.75 Å². The topological polar surface area (TPSA) is 27.7 Å². The maximum Gasteiger partial charge on any atom is 0.195 e. The molecule has 17 heavy (non-hydrogen) atoms. The smallest absolute Gasteiger partial charge is 0.195 e. The molecule has 4 heteroatoms. The van der Waals surface area contributed by atoms with Crippen LogP contribution < -0.4 is 4.74 Å². The van der Waals surface area contributed by atoms with E-state index in [0.29, 0.717) is 19.1 Å². The predicted octanol–water partition coefficient (Wildman–Crippen LogP) is 2.91. The monoisotopic (exact) mass is 256 g/mol. The van der Waals surface area contributed by atoms with Crippen molar-refractivity contribution in [1.82, 2.24) is 0 Å². The Morgan fingerprint density at radius 1 is 1.35 bits per heavy atom. The van der Waals surface area contributed by atoms with E-state index in [4.69, 9.17) is 25.8 Å². The molecule has 0 atom stereocenters. The molecule has 0 spiro atoms. The summed E-state index contributed by atoms with van der Waals surface area (Å²) < 4.78 is 16.8. The molecule has 1 aliphatic heterocycles. The van der Waals surface area contributed by atoms with E-state index in [-0.39, 0.29) is 0 Å². The number of methoxy groups -OCH3 is 1. The molecule has 0 aromatic heterocycles. The van der Waals surface area contributed by atoms with Crippen LogP contribution in [0.4, 0.5) is 0 Å². The first-order valence-corrected chi connectivity index (χ1v) is 6.32. The second kappa shape index (κ2) is 5.71. The summed E-state index contributed by atoms with van der Waals surface area (Å²) in [6, 6.07) is 7.82. The van der Waals surface area contributed by atoms with E-state index in [1.807, 2.05) is 24.3 Å². The van der Waals surface area contributed by atoms with Crippen molar-refractivity contribution in [2.45, 2.75) is 18.6 Å². The molecule has 0 saturated carbocycles. The molecule has 0 unspecified atom stereocenters. The Morgan fingerprint density at radius 2 is 2.12 bits per heavy atom. The predicted molar refractivity (Wildman–Crippen MR) is 66.5 cm³/mol. The number of rotatable bonds is 5. The average Bonchev–Trinajstić information content (AvgIpc) is 2.86. The Kier molecular flexibility index (Phi) is 4.26. The minimum absolute atomic E-state index is 0.610. The number of hydrogen-bond donors (Lipinski definition) is 0. The number of halogens is 1. The molecule has 1 heterocycles. The number of ether oxygens (including phenoxy) is 3. The largest absolute Gasteiger partial charge is 0.497 e. The second-order valence-corrected chi connectivity index (χ2v) is 4.35. The first-order chi connectivity index (χ1) is 8.30. The highest BCUT2D eigenvalue weighted by Gasteiger charge is 2.38. The van der Waals surface area contributed by atoms with Gasteiger partial charge in [0, 0.05) is 17.9 Å². The van der Waals surface area contributed by atoms with Gasteiger partial charge in [-0.05, 0) is 18.6 Å². The second-order valence-electron chi connectivity index (χ2n) is 3.97. The lowest BCUT2D eigenvalue weighted by Gasteiger charge is -2.28. The SMILES string of the molecule is COc1cccc(C2(CCCCl)OCCO2)c1. The first-order valence-electron chi connectivity index (χ1n) is 5.79. The van der Waals surface area contributed by atoms with Crippen molar-refractivity contribution < 1.29 is 14.2 Å². The van der Waals surface area contributed by atoms with Gasteiger partial charge in [0.25, 0.3) is 0 Å². The normalized spacial score (nSPS) is 18.2. The van der Waals surface area contributed by atoms with Crippen LogP contribution in [0.25, 0.3) is 0 Å². The fourth-order valence-electron chi connectivity index (χ4n) is 2.07. The molecule has 3 nitrogen and oxygen atoms in total. The Hall–Kier alpha value is -0.770. The maximum atomic E-state index is 5.79. The van der Waals surface area contributed by atoms with Gasteiger partial charge in [0.15, 0.2) is 5.79 Å². The first kappa shape index (κ1) is 12.7. The maximum absolute atomic E-state index is 5.79. The van der Waals surface area contributed by atoms with E-state index in [1.54, 1.807) is 7.11 Å². The molecule has 94 valence electrons. The molecular formula is C13H17ClO3. The quantitative estimate of drug-likeness (QED) is 0.758. The highest BCUT2D eigenvalue weighted by Crippen LogP contribution is 2.37. The summed E-state index contributed by atoms with van der Waals surface area (Å²) in [5.74, 6) is 0.786. The molecule has 1 saturated heterocycles. The van der Waals surface area contributed by atoms with Crippen LogP contribution >= 0.6 is 11.6 Å². The minimum Gasteiger partial charge on any atom is -0.497 e. The zero-order chi connectivity index (χ0) is 12.1. The Morgan fingerprint density at radius 3 is 2.76 bits per heavy atom. The molecule has 0 bridgehead atoms. The molecule has 1 aromatic rings. The van der Waals surface area contributed by atoms with Crippen LogP contribution in [0.5, 0.6) is 5.75 Å². The van der Waals surface area contributed by atoms with E-state index in [0.717, 1.165) is 24.2 Å². The molecule has 1 aromatic carbocycles. The lowest BCUT2D eigenvalue weighted by atomic mass is 10.0. The van der Waals surface area contributed by atoms with Gasteiger partial charge in [-0.25, -0.2) is 0 Å². The Bertz CT molecular complexity index is 361. The fraction of sp³-hybridized carbons (Fsp3) is 0.538. The standard InChI is InChI=1S/C13H17ClO3/c1-15-12-5-2-4-11(10-12)13(6-3-7-14)16-8-9-17-13/h2,4-5,10H,3,6-9H2,1H3. The van der Waals surface area contributed by atoms with E-state index in [1.165, 1.54) is 0 Å². The van der Waals surface area contributed by atoms with Gasteiger partial charge in [-0.15, -0.1) is 11.6 Å². The van der Waals surface area contributed by atoms with E-state index < -0.39 is 5.79 Å². The lowest BCUT2D eigenvalue weighted by Crippen LogP contribution is -2.27. The molecule has 0 amide bonds. The molecular weight excluding hydrogens is 240 g/mol. The van der Waals surface area contributed by atoms with Crippen LogP contribution in [-0.2, 0) is 15.3 Å². The van der Waals surface area contributed by atoms with Crippen molar-refractivity contribution in [1.29, 1.82) is 0 Å². The summed E-state index contributed by atoms with van der Waals surface area (Å²) in [6.45, 7) is 1.25. The van der Waals surface area contributed by atoms with Crippen molar-refractivity contribution in [3.05, 3.63) is 29.8 Å². The van der Waals surface area contributed by atoms with Crippen molar-refractivity contribution >= 4 is 11.6 Å². The van der Waals surface area contributed by atoms with Gasteiger partial charge < -0.3 is 14.2 Å². The molecule has 0 N–H and O–H groups in total. The molecule has 0 aliphatic carbocycles. The van der Waals surface area contributed by atoms with Crippen LogP contribution in [-0.4, -0.2) is 26.2 Å². The van der Waals surface area contributed by atoms with E-state index in [2.05, 4.69) is 0 Å². The lowest BCUT2D eigenvalue weighted by molar-refractivity contribution is -0.170. The van der Waals surface area contributed by atoms with Crippen LogP contribution in [0, 0.1) is 0 Å². The minimum atomic E-state index is -0.635. The molecule has 2 rings (SSSR count). The summed E-state index contributed by atoms with van der Waals surface area (Å²) in [6.07, 6.45) is 1.63. The summed E-state index contributed by atoms with van der Waals surface area (Å²) in [5, 5.41) is 0. The Balaban J connectivity index is 2.25. The van der Waals surface area contributed by atoms with Gasteiger partial charge in [0.05, 0.1) is 20.3 Å². The highest BCUT2D eigenvalue weighted by molar-refractivity contribution is 6.17. The summed E-state index contributed by atoms with van der Waals surface area (Å²) in [5.41, 5.74) is 1.000. The number of alkyl halides is 1. The van der Waals surface area contributed by atoms with Crippen LogP contribution in [0.15, 0.2) is 24.3 Å². The fourth-order valence-corrected chi connectivity index (χ4v) is 2.20. The summed E-state index contributed by atoms with van der Waals surface area (Å²) in [4.78, 5) is 0. The van der Waals surface area contributed by atoms with Crippen molar-refractivity contribution in [3.63, 3.8) is 0 Å². The summed E-state index contributed by atoms with van der Waals surface area (Å²) in [7, 11) is 1.65. The van der Waals surface area contributed by atoms with Gasteiger partial charge in [-0.1, -0.05) is 12.1 Å².